The number of rotatable bonds is 11. The number of hydrogen-bond donors (Lipinski definition) is 6. The van der Waals surface area contributed by atoms with E-state index < -0.39 is 12.0 Å². The number of hydrogen-bond acceptors (Lipinski definition) is 9. The lowest BCUT2D eigenvalue weighted by atomic mass is 10.0. The smallest absolute Gasteiger partial charge is 0.252 e. The number of aliphatic hydroxyl groups excluding tert-OH is 2. The minimum Gasteiger partial charge on any atom is -0.394 e. The van der Waals surface area contributed by atoms with Crippen molar-refractivity contribution in [3.8, 4) is 11.4 Å². The van der Waals surface area contributed by atoms with E-state index in [1.165, 1.54) is 6.20 Å². The molecular formula is C29H35N7O4. The van der Waals surface area contributed by atoms with Crippen molar-refractivity contribution in [3.05, 3.63) is 65.4 Å². The Morgan fingerprint density at radius 3 is 2.67 bits per heavy atom. The number of carbonyl (C=O) groups is 1. The minimum atomic E-state index is -0.820. The van der Waals surface area contributed by atoms with Crippen LogP contribution in [0.3, 0.4) is 0 Å². The molecule has 4 aromatic rings. The number of primary amides is 1. The summed E-state index contributed by atoms with van der Waals surface area (Å²) in [6.45, 7) is 5.71. The molecule has 0 spiro atoms. The van der Waals surface area contributed by atoms with Gasteiger partial charge in [-0.1, -0.05) is 19.1 Å². The van der Waals surface area contributed by atoms with Gasteiger partial charge in [-0.25, -0.2) is 9.97 Å². The zero-order valence-corrected chi connectivity index (χ0v) is 22.5. The highest BCUT2D eigenvalue weighted by atomic mass is 16.5. The lowest BCUT2D eigenvalue weighted by molar-refractivity contribution is 0.0942. The second kappa shape index (κ2) is 12.4. The standard InChI is InChI=1S/C29H35N7O4/c1-2-22-19(14-31-15-21(38)17-37)4-3-5-24(22)33-25-23(27(30)39)16-32-29-26(25)34-28(35-29)18-6-8-20(9-7-18)36-10-12-40-13-11-36/h3-9,16,21,31,37-38H,2,10-15,17H2,1H3,(H2,30,39)(H2,32,33,34,35). The quantitative estimate of drug-likeness (QED) is 0.166. The number of benzene rings is 2. The summed E-state index contributed by atoms with van der Waals surface area (Å²) in [6.07, 6.45) is 1.36. The fraction of sp³-hybridized carbons (Fsp3) is 0.345. The van der Waals surface area contributed by atoms with Crippen molar-refractivity contribution < 1.29 is 19.7 Å². The number of pyridine rings is 1. The molecule has 1 unspecified atom stereocenters. The molecule has 0 saturated carbocycles. The molecule has 210 valence electrons. The first-order valence-electron chi connectivity index (χ1n) is 13.5. The first-order chi connectivity index (χ1) is 19.5. The number of imidazole rings is 1. The lowest BCUT2D eigenvalue weighted by Gasteiger charge is -2.28. The van der Waals surface area contributed by atoms with Crippen molar-refractivity contribution >= 4 is 34.1 Å². The molecular weight excluding hydrogens is 510 g/mol. The zero-order valence-electron chi connectivity index (χ0n) is 22.5. The zero-order chi connectivity index (χ0) is 28.1. The number of fused-ring (bicyclic) bond motifs is 1. The second-order valence-electron chi connectivity index (χ2n) is 9.73. The summed E-state index contributed by atoms with van der Waals surface area (Å²) in [5.41, 5.74) is 12.5. The van der Waals surface area contributed by atoms with E-state index in [1.54, 1.807) is 0 Å². The Morgan fingerprint density at radius 2 is 1.98 bits per heavy atom. The van der Waals surface area contributed by atoms with Gasteiger partial charge in [0.15, 0.2) is 5.65 Å². The average Bonchev–Trinajstić information content (AvgIpc) is 3.43. The summed E-state index contributed by atoms with van der Waals surface area (Å²) in [7, 11) is 0. The highest BCUT2D eigenvalue weighted by molar-refractivity contribution is 6.06. The summed E-state index contributed by atoms with van der Waals surface area (Å²) in [5, 5.41) is 25.4. The maximum atomic E-state index is 12.4. The number of H-pyrrole nitrogens is 1. The van der Waals surface area contributed by atoms with Gasteiger partial charge < -0.3 is 41.2 Å². The number of nitrogens with one attached hydrogen (secondary N) is 3. The van der Waals surface area contributed by atoms with Gasteiger partial charge in [-0.2, -0.15) is 0 Å². The van der Waals surface area contributed by atoms with Crippen molar-refractivity contribution in [2.75, 3.05) is 49.7 Å². The van der Waals surface area contributed by atoms with E-state index in [0.29, 0.717) is 29.2 Å². The number of ether oxygens (including phenoxy) is 1. The number of morpholine rings is 1. The Bertz CT molecular complexity index is 1470. The molecule has 11 nitrogen and oxygen atoms in total. The highest BCUT2D eigenvalue weighted by Crippen LogP contribution is 2.33. The third kappa shape index (κ3) is 5.92. The van der Waals surface area contributed by atoms with Gasteiger partial charge in [0.2, 0.25) is 0 Å². The second-order valence-corrected chi connectivity index (χ2v) is 9.73. The van der Waals surface area contributed by atoms with Crippen molar-refractivity contribution in [1.82, 2.24) is 20.3 Å². The van der Waals surface area contributed by atoms with Crippen molar-refractivity contribution in [3.63, 3.8) is 0 Å². The van der Waals surface area contributed by atoms with Gasteiger partial charge in [0.25, 0.3) is 5.91 Å². The van der Waals surface area contributed by atoms with Crippen LogP contribution in [0.2, 0.25) is 0 Å². The van der Waals surface area contributed by atoms with E-state index in [2.05, 4.69) is 44.6 Å². The third-order valence-electron chi connectivity index (χ3n) is 7.09. The number of amides is 1. The van der Waals surface area contributed by atoms with Gasteiger partial charge in [-0.15, -0.1) is 0 Å². The molecule has 2 aromatic carbocycles. The van der Waals surface area contributed by atoms with Gasteiger partial charge in [0.1, 0.15) is 11.3 Å². The first kappa shape index (κ1) is 27.5. The third-order valence-corrected chi connectivity index (χ3v) is 7.09. The molecule has 3 heterocycles. The van der Waals surface area contributed by atoms with Crippen molar-refractivity contribution in [2.24, 2.45) is 5.73 Å². The largest absolute Gasteiger partial charge is 0.394 e. The van der Waals surface area contributed by atoms with E-state index in [1.807, 2.05) is 30.3 Å². The summed E-state index contributed by atoms with van der Waals surface area (Å²) < 4.78 is 5.46. The molecule has 1 fully saturated rings. The Morgan fingerprint density at radius 1 is 1.20 bits per heavy atom. The van der Waals surface area contributed by atoms with E-state index in [9.17, 15) is 9.90 Å². The summed E-state index contributed by atoms with van der Waals surface area (Å²) in [6, 6.07) is 14.1. The molecule has 0 aliphatic carbocycles. The van der Waals surface area contributed by atoms with Crippen LogP contribution in [0.25, 0.3) is 22.6 Å². The topological polar surface area (TPSA) is 162 Å². The summed E-state index contributed by atoms with van der Waals surface area (Å²) >= 11 is 0. The average molecular weight is 546 g/mol. The molecule has 1 aliphatic heterocycles. The first-order valence-corrected chi connectivity index (χ1v) is 13.5. The maximum Gasteiger partial charge on any atom is 0.252 e. The van der Waals surface area contributed by atoms with Crippen LogP contribution >= 0.6 is 0 Å². The van der Waals surface area contributed by atoms with Crippen LogP contribution in [0, 0.1) is 0 Å². The van der Waals surface area contributed by atoms with E-state index >= 15 is 0 Å². The number of anilines is 3. The molecule has 5 rings (SSSR count). The number of aliphatic hydroxyl groups is 2. The Labute approximate surface area is 232 Å². The Hall–Kier alpha value is -4.03. The molecule has 0 bridgehead atoms. The molecule has 7 N–H and O–H groups in total. The minimum absolute atomic E-state index is 0.252. The van der Waals surface area contributed by atoms with Crippen LogP contribution in [0.1, 0.15) is 28.4 Å². The molecule has 1 saturated heterocycles. The predicted molar refractivity (Wildman–Crippen MR) is 155 cm³/mol. The van der Waals surface area contributed by atoms with E-state index in [-0.39, 0.29) is 18.7 Å². The fourth-order valence-electron chi connectivity index (χ4n) is 4.97. The van der Waals surface area contributed by atoms with Crippen LogP contribution in [-0.4, -0.2) is 76.6 Å². The van der Waals surface area contributed by atoms with Crippen LogP contribution < -0.4 is 21.3 Å². The van der Waals surface area contributed by atoms with Crippen LogP contribution in [0.5, 0.6) is 0 Å². The fourth-order valence-corrected chi connectivity index (χ4v) is 4.97. The van der Waals surface area contributed by atoms with Gasteiger partial charge >= 0.3 is 0 Å². The van der Waals surface area contributed by atoms with Gasteiger partial charge in [-0.3, -0.25) is 4.79 Å². The van der Waals surface area contributed by atoms with E-state index in [4.69, 9.17) is 20.6 Å². The van der Waals surface area contributed by atoms with Crippen molar-refractivity contribution in [1.29, 1.82) is 0 Å². The lowest BCUT2D eigenvalue weighted by Crippen LogP contribution is -2.36. The normalized spacial score (nSPS) is 14.4. The summed E-state index contributed by atoms with van der Waals surface area (Å²) in [4.78, 5) is 27.2. The van der Waals surface area contributed by atoms with Crippen LogP contribution in [-0.2, 0) is 17.7 Å². The number of aromatic nitrogens is 3. The Balaban J connectivity index is 1.46. The predicted octanol–water partition coefficient (Wildman–Crippen LogP) is 2.31. The SMILES string of the molecule is CCc1c(CNCC(O)CO)cccc1Nc1c(C(N)=O)cnc2nc(-c3ccc(N4CCOCC4)cc3)[nH]c12. The number of nitrogens with zero attached hydrogens (tertiary/aromatic N) is 3. The van der Waals surface area contributed by atoms with Gasteiger partial charge in [-0.05, 0) is 47.9 Å². The molecule has 11 heteroatoms. The molecule has 1 atom stereocenters. The summed E-state index contributed by atoms with van der Waals surface area (Å²) in [5.74, 6) is 0.0357. The molecule has 2 aromatic heterocycles. The number of aromatic amines is 1. The number of nitrogens with two attached hydrogens (primary N) is 1. The highest BCUT2D eigenvalue weighted by Gasteiger charge is 2.19. The number of carbonyl (C=O) groups excluding carboxylic acids is 1. The molecule has 0 radical (unpaired) electrons. The van der Waals surface area contributed by atoms with Gasteiger partial charge in [0.05, 0.1) is 37.2 Å². The van der Waals surface area contributed by atoms with E-state index in [0.717, 1.165) is 60.8 Å². The maximum absolute atomic E-state index is 12.4. The molecule has 40 heavy (non-hydrogen) atoms. The van der Waals surface area contributed by atoms with Gasteiger partial charge in [0, 0.05) is 49.3 Å². The molecule has 1 aliphatic rings. The monoisotopic (exact) mass is 545 g/mol. The Kier molecular flexibility index (Phi) is 8.56. The van der Waals surface area contributed by atoms with Crippen LogP contribution in [0.4, 0.5) is 17.1 Å². The van der Waals surface area contributed by atoms with Crippen molar-refractivity contribution in [2.45, 2.75) is 26.0 Å². The van der Waals surface area contributed by atoms with Crippen LogP contribution in [0.15, 0.2) is 48.7 Å². The molecule has 1 amide bonds.